The van der Waals surface area contributed by atoms with Crippen LogP contribution in [0.15, 0.2) is 12.1 Å². The van der Waals surface area contributed by atoms with Crippen LogP contribution in [0.1, 0.15) is 11.4 Å². The third-order valence-corrected chi connectivity index (χ3v) is 3.30. The summed E-state index contributed by atoms with van der Waals surface area (Å²) in [5, 5.41) is 0. The molecule has 0 radical (unpaired) electrons. The Morgan fingerprint density at radius 3 is 2.10 bits per heavy atom. The van der Waals surface area contributed by atoms with Crippen LogP contribution in [0.2, 0.25) is 0 Å². The van der Waals surface area contributed by atoms with Gasteiger partial charge in [-0.2, -0.15) is 0 Å². The average Bonchev–Trinajstić information content (AvgIpc) is 2.86. The van der Waals surface area contributed by atoms with Crippen LogP contribution >= 0.6 is 11.6 Å². The van der Waals surface area contributed by atoms with Crippen LogP contribution in [0, 0.1) is 6.92 Å². The number of aromatic amines is 1. The minimum absolute atomic E-state index is 0.368. The Morgan fingerprint density at radius 1 is 1.10 bits per heavy atom. The fourth-order valence-electron chi connectivity index (χ4n) is 1.98. The molecule has 0 saturated heterocycles. The van der Waals surface area contributed by atoms with Gasteiger partial charge in [0.05, 0.1) is 32.9 Å². The molecule has 0 fully saturated rings. The number of H-pyrrole nitrogens is 1. The van der Waals surface area contributed by atoms with Gasteiger partial charge in [0.2, 0.25) is 5.75 Å². The summed E-state index contributed by atoms with van der Waals surface area (Å²) in [5.41, 5.74) is 2.62. The van der Waals surface area contributed by atoms with Crippen molar-refractivity contribution in [2.45, 2.75) is 12.8 Å². The molecule has 20 heavy (non-hydrogen) atoms. The summed E-state index contributed by atoms with van der Waals surface area (Å²) >= 11 is 5.85. The van der Waals surface area contributed by atoms with E-state index in [0.717, 1.165) is 22.8 Å². The van der Waals surface area contributed by atoms with E-state index in [9.17, 15) is 0 Å². The van der Waals surface area contributed by atoms with Crippen LogP contribution in [0.25, 0.3) is 11.4 Å². The summed E-state index contributed by atoms with van der Waals surface area (Å²) in [4.78, 5) is 7.67. The molecule has 0 saturated carbocycles. The van der Waals surface area contributed by atoms with E-state index in [4.69, 9.17) is 25.8 Å². The second kappa shape index (κ2) is 6.05. The Hall–Kier alpha value is -1.88. The second-order valence-electron chi connectivity index (χ2n) is 4.20. The number of methoxy groups -OCH3 is 3. The molecular formula is C14H17ClN2O3. The van der Waals surface area contributed by atoms with Crippen molar-refractivity contribution in [1.29, 1.82) is 0 Å². The minimum atomic E-state index is 0.368. The van der Waals surface area contributed by atoms with Crippen LogP contribution in [-0.2, 0) is 5.88 Å². The van der Waals surface area contributed by atoms with Gasteiger partial charge in [-0.1, -0.05) is 0 Å². The Kier molecular flexibility index (Phi) is 4.39. The summed E-state index contributed by atoms with van der Waals surface area (Å²) < 4.78 is 16.0. The van der Waals surface area contributed by atoms with Gasteiger partial charge < -0.3 is 19.2 Å². The van der Waals surface area contributed by atoms with Gasteiger partial charge in [-0.05, 0) is 19.1 Å². The Labute approximate surface area is 122 Å². The van der Waals surface area contributed by atoms with E-state index in [1.165, 1.54) is 0 Å². The van der Waals surface area contributed by atoms with Crippen molar-refractivity contribution in [2.24, 2.45) is 0 Å². The van der Waals surface area contributed by atoms with Gasteiger partial charge in [0.15, 0.2) is 11.5 Å². The van der Waals surface area contributed by atoms with E-state index in [-0.39, 0.29) is 0 Å². The van der Waals surface area contributed by atoms with Gasteiger partial charge >= 0.3 is 0 Å². The predicted octanol–water partition coefficient (Wildman–Crippen LogP) is 3.15. The standard InChI is InChI=1S/C14H17ClN2O3/c1-8-10(7-15)17-14(16-8)9-5-11(18-2)13(20-4)12(6-9)19-3/h5-6H,7H2,1-4H3,(H,16,17). The summed E-state index contributed by atoms with van der Waals surface area (Å²) in [7, 11) is 4.74. The number of benzene rings is 1. The number of nitrogens with one attached hydrogen (secondary N) is 1. The van der Waals surface area contributed by atoms with Crippen LogP contribution in [0.4, 0.5) is 0 Å². The molecule has 1 N–H and O–H groups in total. The van der Waals surface area contributed by atoms with Crippen molar-refractivity contribution in [2.75, 3.05) is 21.3 Å². The zero-order valence-corrected chi connectivity index (χ0v) is 12.7. The van der Waals surface area contributed by atoms with Crippen LogP contribution in [-0.4, -0.2) is 31.3 Å². The predicted molar refractivity (Wildman–Crippen MR) is 78.0 cm³/mol. The second-order valence-corrected chi connectivity index (χ2v) is 4.47. The van der Waals surface area contributed by atoms with Crippen molar-refractivity contribution in [1.82, 2.24) is 9.97 Å². The van der Waals surface area contributed by atoms with E-state index in [1.54, 1.807) is 21.3 Å². The number of rotatable bonds is 5. The maximum Gasteiger partial charge on any atom is 0.203 e. The Bertz CT molecular complexity index is 585. The van der Waals surface area contributed by atoms with Gasteiger partial charge in [0.1, 0.15) is 5.82 Å². The molecule has 1 aromatic heterocycles. The highest BCUT2D eigenvalue weighted by Crippen LogP contribution is 2.40. The van der Waals surface area contributed by atoms with Crippen molar-refractivity contribution in [3.8, 4) is 28.6 Å². The summed E-state index contributed by atoms with van der Waals surface area (Å²) in [6.07, 6.45) is 0. The molecule has 6 heteroatoms. The van der Waals surface area contributed by atoms with Crippen molar-refractivity contribution < 1.29 is 14.2 Å². The number of aromatic nitrogens is 2. The lowest BCUT2D eigenvalue weighted by atomic mass is 10.1. The van der Waals surface area contributed by atoms with Crippen LogP contribution in [0.3, 0.4) is 0 Å². The lowest BCUT2D eigenvalue weighted by molar-refractivity contribution is 0.324. The number of alkyl halides is 1. The molecule has 0 unspecified atom stereocenters. The fraction of sp³-hybridized carbons (Fsp3) is 0.357. The van der Waals surface area contributed by atoms with Gasteiger partial charge in [0.25, 0.3) is 0 Å². The minimum Gasteiger partial charge on any atom is -0.493 e. The molecule has 1 aromatic carbocycles. The molecule has 2 rings (SSSR count). The third-order valence-electron chi connectivity index (χ3n) is 3.05. The van der Waals surface area contributed by atoms with Crippen molar-refractivity contribution >= 4 is 11.6 Å². The monoisotopic (exact) mass is 296 g/mol. The van der Waals surface area contributed by atoms with Gasteiger partial charge in [-0.15, -0.1) is 11.6 Å². The Balaban J connectivity index is 2.56. The molecule has 0 atom stereocenters. The molecule has 5 nitrogen and oxygen atoms in total. The van der Waals surface area contributed by atoms with Crippen molar-refractivity contribution in [3.05, 3.63) is 23.5 Å². The fourth-order valence-corrected chi connectivity index (χ4v) is 2.24. The molecule has 0 spiro atoms. The highest BCUT2D eigenvalue weighted by molar-refractivity contribution is 6.17. The molecule has 2 aromatic rings. The zero-order valence-electron chi connectivity index (χ0n) is 11.9. The molecule has 108 valence electrons. The first-order chi connectivity index (χ1) is 9.64. The third kappa shape index (κ3) is 2.54. The largest absolute Gasteiger partial charge is 0.493 e. The van der Waals surface area contributed by atoms with E-state index in [2.05, 4.69) is 9.97 Å². The highest BCUT2D eigenvalue weighted by atomic mass is 35.5. The van der Waals surface area contributed by atoms with Gasteiger partial charge in [0, 0.05) is 11.3 Å². The topological polar surface area (TPSA) is 56.4 Å². The Morgan fingerprint density at radius 2 is 1.70 bits per heavy atom. The maximum absolute atomic E-state index is 5.85. The number of hydrogen-bond donors (Lipinski definition) is 1. The zero-order chi connectivity index (χ0) is 14.7. The molecular weight excluding hydrogens is 280 g/mol. The maximum atomic E-state index is 5.85. The SMILES string of the molecule is COc1cc(-c2nc(CCl)c(C)[nH]2)cc(OC)c1OC. The highest BCUT2D eigenvalue weighted by Gasteiger charge is 2.16. The lowest BCUT2D eigenvalue weighted by Crippen LogP contribution is -1.96. The number of ether oxygens (including phenoxy) is 3. The summed E-state index contributed by atoms with van der Waals surface area (Å²) in [5.74, 6) is 2.82. The van der Waals surface area contributed by atoms with E-state index >= 15 is 0 Å². The molecule has 0 aliphatic heterocycles. The van der Waals surface area contributed by atoms with Crippen LogP contribution in [0.5, 0.6) is 17.2 Å². The average molecular weight is 297 g/mol. The summed E-state index contributed by atoms with van der Waals surface area (Å²) in [6.45, 7) is 1.94. The van der Waals surface area contributed by atoms with Crippen molar-refractivity contribution in [3.63, 3.8) is 0 Å². The number of halogens is 1. The normalized spacial score (nSPS) is 10.4. The first-order valence-corrected chi connectivity index (χ1v) is 6.59. The molecule has 0 aliphatic rings. The first-order valence-electron chi connectivity index (χ1n) is 6.06. The van der Waals surface area contributed by atoms with Crippen LogP contribution < -0.4 is 14.2 Å². The van der Waals surface area contributed by atoms with Gasteiger partial charge in [-0.25, -0.2) is 4.98 Å². The number of imidazole rings is 1. The van der Waals surface area contributed by atoms with E-state index < -0.39 is 0 Å². The van der Waals surface area contributed by atoms with Gasteiger partial charge in [-0.3, -0.25) is 0 Å². The quantitative estimate of drug-likeness (QED) is 0.861. The molecule has 0 bridgehead atoms. The molecule has 1 heterocycles. The molecule has 0 amide bonds. The van der Waals surface area contributed by atoms with E-state index in [1.807, 2.05) is 19.1 Å². The number of hydrogen-bond acceptors (Lipinski definition) is 4. The first kappa shape index (κ1) is 14.5. The molecule has 0 aliphatic carbocycles. The summed E-state index contributed by atoms with van der Waals surface area (Å²) in [6, 6.07) is 3.69. The van der Waals surface area contributed by atoms with E-state index in [0.29, 0.717) is 23.1 Å². The lowest BCUT2D eigenvalue weighted by Gasteiger charge is -2.13. The smallest absolute Gasteiger partial charge is 0.203 e. The number of aryl methyl sites for hydroxylation is 1. The number of nitrogens with zero attached hydrogens (tertiary/aromatic N) is 1.